The monoisotopic (exact) mass is 496 g/mol. The second-order valence-corrected chi connectivity index (χ2v) is 10.9. The maximum Gasteiger partial charge on any atom is 0.250 e. The highest BCUT2D eigenvalue weighted by atomic mass is 35.5. The highest BCUT2D eigenvalue weighted by Crippen LogP contribution is 2.61. The summed E-state index contributed by atoms with van der Waals surface area (Å²) in [5, 5.41) is 5.65. The number of anilines is 1. The molecular formula is C25H21ClN2O3S2. The zero-order chi connectivity index (χ0) is 22.7. The van der Waals surface area contributed by atoms with Crippen LogP contribution in [0.2, 0.25) is 5.02 Å². The van der Waals surface area contributed by atoms with Crippen LogP contribution in [0.5, 0.6) is 5.75 Å². The van der Waals surface area contributed by atoms with Crippen LogP contribution in [0.3, 0.4) is 0 Å². The molecule has 2 saturated heterocycles. The molecule has 2 aromatic carbocycles. The van der Waals surface area contributed by atoms with E-state index in [-0.39, 0.29) is 23.7 Å². The number of amides is 1. The molecule has 4 atom stereocenters. The number of thiophene rings is 1. The third-order valence-electron chi connectivity index (χ3n) is 7.13. The minimum atomic E-state index is -1.09. The van der Waals surface area contributed by atoms with Crippen molar-refractivity contribution in [3.05, 3.63) is 81.0 Å². The molecular weight excluding hydrogens is 476 g/mol. The van der Waals surface area contributed by atoms with E-state index in [0.717, 1.165) is 22.6 Å². The largest absolute Gasteiger partial charge is 0.497 e. The molecule has 0 unspecified atom stereocenters. The molecule has 1 spiro atoms. The Bertz CT molecular complexity index is 1250. The quantitative estimate of drug-likeness (QED) is 0.501. The molecule has 1 aromatic heterocycles. The molecule has 4 heterocycles. The van der Waals surface area contributed by atoms with Gasteiger partial charge in [-0.2, -0.15) is 0 Å². The SMILES string of the molecule is COc1ccc2c(c1)[C@@]1(C(=O)N2)[C@H](C(=O)c2cccs2)[C@@H](c2ccc(Cl)cc2)[C@H]2CSCN21. The summed E-state index contributed by atoms with van der Waals surface area (Å²) in [6, 6.07) is 17.2. The first-order chi connectivity index (χ1) is 16.1. The molecule has 1 amide bonds. The number of methoxy groups -OCH3 is 1. The number of ketones is 1. The number of hydrogen-bond acceptors (Lipinski definition) is 6. The first kappa shape index (κ1) is 21.2. The molecule has 6 rings (SSSR count). The van der Waals surface area contributed by atoms with E-state index in [2.05, 4.69) is 10.2 Å². The Kier molecular flexibility index (Phi) is 5.07. The van der Waals surface area contributed by atoms with Gasteiger partial charge in [-0.05, 0) is 47.3 Å². The minimum absolute atomic E-state index is 0.00942. The van der Waals surface area contributed by atoms with E-state index >= 15 is 0 Å². The van der Waals surface area contributed by atoms with Crippen molar-refractivity contribution >= 4 is 52.1 Å². The normalized spacial score (nSPS) is 28.1. The van der Waals surface area contributed by atoms with Gasteiger partial charge in [-0.3, -0.25) is 14.5 Å². The fraction of sp³-hybridized carbons (Fsp3) is 0.280. The van der Waals surface area contributed by atoms with Gasteiger partial charge in [-0.25, -0.2) is 0 Å². The topological polar surface area (TPSA) is 58.6 Å². The number of benzene rings is 2. The molecule has 33 heavy (non-hydrogen) atoms. The number of ether oxygens (including phenoxy) is 1. The van der Waals surface area contributed by atoms with Crippen LogP contribution in [-0.4, -0.2) is 41.4 Å². The second-order valence-electron chi connectivity index (χ2n) is 8.57. The van der Waals surface area contributed by atoms with Crippen LogP contribution < -0.4 is 10.1 Å². The van der Waals surface area contributed by atoms with Crippen LogP contribution in [0.25, 0.3) is 0 Å². The van der Waals surface area contributed by atoms with E-state index < -0.39 is 11.5 Å². The predicted molar refractivity (Wildman–Crippen MR) is 133 cm³/mol. The Morgan fingerprint density at radius 3 is 2.76 bits per heavy atom. The predicted octanol–water partition coefficient (Wildman–Crippen LogP) is 5.23. The van der Waals surface area contributed by atoms with Crippen molar-refractivity contribution in [3.63, 3.8) is 0 Å². The summed E-state index contributed by atoms with van der Waals surface area (Å²) >= 11 is 9.43. The summed E-state index contributed by atoms with van der Waals surface area (Å²) in [7, 11) is 1.62. The van der Waals surface area contributed by atoms with Crippen molar-refractivity contribution < 1.29 is 14.3 Å². The van der Waals surface area contributed by atoms with Gasteiger partial charge < -0.3 is 10.1 Å². The molecule has 3 aliphatic heterocycles. The number of hydrogen-bond donors (Lipinski definition) is 1. The second kappa shape index (κ2) is 7.87. The van der Waals surface area contributed by atoms with Crippen LogP contribution >= 0.6 is 34.7 Å². The van der Waals surface area contributed by atoms with Crippen molar-refractivity contribution in [1.82, 2.24) is 4.90 Å². The number of rotatable bonds is 4. The van der Waals surface area contributed by atoms with Gasteiger partial charge in [0.1, 0.15) is 11.3 Å². The summed E-state index contributed by atoms with van der Waals surface area (Å²) in [5.41, 5.74) is 1.51. The summed E-state index contributed by atoms with van der Waals surface area (Å²) in [4.78, 5) is 31.1. The number of thioether (sulfide) groups is 1. The Labute approximate surface area is 205 Å². The standard InChI is InChI=1S/C25H21ClN2O3S2/c1-31-16-8-9-18-17(11-16)25(24(30)27-18)22(23(29)20-3-2-10-33-20)21(19-12-32-13-28(19)25)14-4-6-15(26)7-5-14/h2-11,19,21-22H,12-13H2,1H3,(H,27,30)/t19-,21+,22+,25+/m1/s1. The van der Waals surface area contributed by atoms with Crippen LogP contribution in [0.4, 0.5) is 5.69 Å². The van der Waals surface area contributed by atoms with E-state index in [1.165, 1.54) is 11.3 Å². The zero-order valence-corrected chi connectivity index (χ0v) is 20.2. The average Bonchev–Trinajstić information content (AvgIpc) is 3.60. The minimum Gasteiger partial charge on any atom is -0.497 e. The first-order valence-electron chi connectivity index (χ1n) is 10.7. The lowest BCUT2D eigenvalue weighted by atomic mass is 9.70. The van der Waals surface area contributed by atoms with Crippen molar-refractivity contribution in [2.75, 3.05) is 24.1 Å². The molecule has 0 aliphatic carbocycles. The fourth-order valence-electron chi connectivity index (χ4n) is 5.81. The number of nitrogens with zero attached hydrogens (tertiary/aromatic N) is 1. The van der Waals surface area contributed by atoms with Gasteiger partial charge in [0.2, 0.25) is 5.91 Å². The van der Waals surface area contributed by atoms with Crippen molar-refractivity contribution in [1.29, 1.82) is 0 Å². The molecule has 1 N–H and O–H groups in total. The molecule has 2 fully saturated rings. The third kappa shape index (κ3) is 2.96. The van der Waals surface area contributed by atoms with E-state index in [9.17, 15) is 9.59 Å². The Hall–Kier alpha value is -2.32. The Morgan fingerprint density at radius 2 is 2.03 bits per heavy atom. The smallest absolute Gasteiger partial charge is 0.250 e. The molecule has 0 radical (unpaired) electrons. The lowest BCUT2D eigenvalue weighted by Crippen LogP contribution is -2.52. The first-order valence-corrected chi connectivity index (χ1v) is 13.1. The van der Waals surface area contributed by atoms with E-state index in [4.69, 9.17) is 16.3 Å². The molecule has 8 heteroatoms. The molecule has 5 nitrogen and oxygen atoms in total. The van der Waals surface area contributed by atoms with Crippen LogP contribution in [-0.2, 0) is 10.3 Å². The number of fused-ring (bicyclic) bond motifs is 4. The van der Waals surface area contributed by atoms with Crippen molar-refractivity contribution in [3.8, 4) is 5.75 Å². The van der Waals surface area contributed by atoms with E-state index in [1.807, 2.05) is 60.0 Å². The molecule has 168 valence electrons. The summed E-state index contributed by atoms with van der Waals surface area (Å²) in [6.45, 7) is 0. The van der Waals surface area contributed by atoms with Gasteiger partial charge in [-0.1, -0.05) is 29.8 Å². The highest BCUT2D eigenvalue weighted by molar-refractivity contribution is 7.99. The number of halogens is 1. The van der Waals surface area contributed by atoms with Gasteiger partial charge in [0.15, 0.2) is 5.78 Å². The van der Waals surface area contributed by atoms with Gasteiger partial charge in [-0.15, -0.1) is 23.1 Å². The molecule has 3 aliphatic rings. The van der Waals surface area contributed by atoms with Gasteiger partial charge in [0.25, 0.3) is 0 Å². The number of Topliss-reactive ketones (excluding diaryl/α,β-unsaturated/α-hetero) is 1. The van der Waals surface area contributed by atoms with Crippen LogP contribution in [0, 0.1) is 5.92 Å². The lowest BCUT2D eigenvalue weighted by Gasteiger charge is -2.36. The zero-order valence-electron chi connectivity index (χ0n) is 17.8. The maximum absolute atomic E-state index is 14.2. The van der Waals surface area contributed by atoms with Gasteiger partial charge >= 0.3 is 0 Å². The van der Waals surface area contributed by atoms with Gasteiger partial charge in [0, 0.05) is 39.9 Å². The number of carbonyl (C=O) groups excluding carboxylic acids is 2. The summed E-state index contributed by atoms with van der Waals surface area (Å²) in [6.07, 6.45) is 0. The summed E-state index contributed by atoms with van der Waals surface area (Å²) in [5.74, 6) is 1.37. The highest BCUT2D eigenvalue weighted by Gasteiger charge is 2.69. The van der Waals surface area contributed by atoms with Gasteiger partial charge in [0.05, 0.1) is 17.9 Å². The fourth-order valence-corrected chi connectivity index (χ4v) is 7.97. The number of carbonyl (C=O) groups is 2. The average molecular weight is 497 g/mol. The maximum atomic E-state index is 14.2. The lowest BCUT2D eigenvalue weighted by molar-refractivity contribution is -0.127. The van der Waals surface area contributed by atoms with E-state index in [1.54, 1.807) is 18.9 Å². The van der Waals surface area contributed by atoms with Crippen molar-refractivity contribution in [2.24, 2.45) is 5.92 Å². The third-order valence-corrected chi connectivity index (χ3v) is 9.30. The van der Waals surface area contributed by atoms with Crippen LogP contribution in [0.15, 0.2) is 60.0 Å². The van der Waals surface area contributed by atoms with Crippen molar-refractivity contribution in [2.45, 2.75) is 17.5 Å². The molecule has 0 bridgehead atoms. The number of nitrogens with one attached hydrogen (secondary N) is 1. The summed E-state index contributed by atoms with van der Waals surface area (Å²) < 4.78 is 5.52. The molecule has 3 aromatic rings. The Morgan fingerprint density at radius 1 is 1.21 bits per heavy atom. The Balaban J connectivity index is 1.62. The molecule has 0 saturated carbocycles. The van der Waals surface area contributed by atoms with Crippen LogP contribution in [0.1, 0.15) is 26.7 Å². The van der Waals surface area contributed by atoms with E-state index in [0.29, 0.717) is 21.5 Å².